The third kappa shape index (κ3) is 89.3. The molecule has 5 atom stereocenters. The van der Waals surface area contributed by atoms with Gasteiger partial charge in [-0.3, -0.25) is 32.5 Å². The van der Waals surface area contributed by atoms with Gasteiger partial charge in [0.2, 0.25) is 0 Å². The molecule has 0 heterocycles. The van der Waals surface area contributed by atoms with Crippen molar-refractivity contribution in [1.29, 1.82) is 0 Å². The first kappa shape index (κ1) is 110. The predicted molar refractivity (Wildman–Crippen MR) is 481 cm³/mol. The average Bonchev–Trinajstić information content (AvgIpc) is 0.902. The maximum atomic E-state index is 13.1. The standard InChI is InChI=1S/C97H162O16P2/c1-4-7-10-13-16-19-22-25-28-31-34-37-40-43-44-45-46-49-51-53-56-59-62-65-68-71-74-77-80-83-95(100)107-86-92(98)87-109-114(103,104)110-88-93(99)89-111-115(105,106)112-91-94(113-97(102)85-82-79-76-73-70-67-64-61-58-55-52-48-42-39-36-33-30-27-24-21-18-15-12-9-6-3)90-108-96(101)84-81-78-75-72-69-66-63-60-57-54-50-47-41-38-35-32-29-26-23-20-17-14-11-8-5-2/h7-8,10-11,16-21,25-30,34-39,43-44,46-50,52,92-94,98-99H,4-6,9,12-15,22-24,31-33,40-42,45,51,53-91H2,1-3H3,(H,103,104)(H,105,106)/b10-7-,11-8-,19-16-,20-17-,21-18-,28-25-,29-26-,30-27-,37-34-,38-35-,39-36-,44-43-,49-46-,50-47-,52-48-. The zero-order valence-corrected chi connectivity index (χ0v) is 73.9. The van der Waals surface area contributed by atoms with Crippen molar-refractivity contribution < 1.29 is 75.8 Å². The van der Waals surface area contributed by atoms with Gasteiger partial charge in [-0.1, -0.05) is 357 Å². The Hall–Kier alpha value is -5.35. The van der Waals surface area contributed by atoms with Gasteiger partial charge in [-0.05, 0) is 161 Å². The highest BCUT2D eigenvalue weighted by molar-refractivity contribution is 7.47. The molecule has 0 radical (unpaired) electrons. The molecular weight excluding hydrogens is 1480 g/mol. The third-order valence-corrected chi connectivity index (χ3v) is 20.5. The maximum absolute atomic E-state index is 13.1. The Labute approximate surface area is 700 Å². The van der Waals surface area contributed by atoms with Gasteiger partial charge in [0.05, 0.1) is 26.4 Å². The second-order valence-electron chi connectivity index (χ2n) is 29.6. The van der Waals surface area contributed by atoms with Crippen molar-refractivity contribution >= 4 is 33.6 Å². The second kappa shape index (κ2) is 87.9. The highest BCUT2D eigenvalue weighted by atomic mass is 31.2. The van der Waals surface area contributed by atoms with E-state index in [2.05, 4.69) is 203 Å². The van der Waals surface area contributed by atoms with Crippen LogP contribution in [0.5, 0.6) is 0 Å². The molecule has 0 aliphatic carbocycles. The fraction of sp³-hybridized carbons (Fsp3) is 0.660. The molecule has 0 aromatic carbocycles. The minimum atomic E-state index is -4.95. The predicted octanol–water partition coefficient (Wildman–Crippen LogP) is 27.7. The largest absolute Gasteiger partial charge is 0.472 e. The van der Waals surface area contributed by atoms with Crippen LogP contribution in [0.25, 0.3) is 0 Å². The van der Waals surface area contributed by atoms with Crippen LogP contribution in [0, 0.1) is 0 Å². The summed E-state index contributed by atoms with van der Waals surface area (Å²) in [5, 5.41) is 20.7. The molecule has 0 spiro atoms. The Morgan fingerprint density at radius 3 is 0.730 bits per heavy atom. The topological polar surface area (TPSA) is 231 Å². The van der Waals surface area contributed by atoms with Crippen LogP contribution >= 0.6 is 15.6 Å². The molecule has 0 aliphatic rings. The Kier molecular flexibility index (Phi) is 83.9. The fourth-order valence-electron chi connectivity index (χ4n) is 11.8. The SMILES string of the molecule is CC/C=C\C/C=C\C/C=C\C/C=C\C/C=C\C/C=C\CCCCCCCCCCCCC(=O)OCC(O)COP(=O)(O)OCC(O)COP(=O)(O)OCC(COC(=O)CCCCCCCCCCC/C=C\C/C=C\C/C=C\C/C=C\C/C=C\CC)OC(=O)CCCCCCCCCCC/C=C\C/C=C\C/C=C\C/C=C\CCCCC. The van der Waals surface area contributed by atoms with Crippen LogP contribution in [0.2, 0.25) is 0 Å². The first-order valence-corrected chi connectivity index (χ1v) is 48.1. The average molecular weight is 1650 g/mol. The molecule has 656 valence electrons. The van der Waals surface area contributed by atoms with Crippen LogP contribution in [0.1, 0.15) is 355 Å². The Bertz CT molecular complexity index is 2820. The number of phosphoric acid groups is 2. The summed E-state index contributed by atoms with van der Waals surface area (Å²) in [5.74, 6) is -1.59. The molecule has 5 unspecified atom stereocenters. The van der Waals surface area contributed by atoms with Crippen molar-refractivity contribution in [2.75, 3.05) is 39.6 Å². The van der Waals surface area contributed by atoms with Crippen LogP contribution < -0.4 is 0 Å². The molecule has 16 nitrogen and oxygen atoms in total. The van der Waals surface area contributed by atoms with Gasteiger partial charge in [-0.15, -0.1) is 0 Å². The van der Waals surface area contributed by atoms with Gasteiger partial charge in [0.25, 0.3) is 0 Å². The summed E-state index contributed by atoms with van der Waals surface area (Å²) in [6.45, 7) is 2.44. The van der Waals surface area contributed by atoms with E-state index >= 15 is 0 Å². The van der Waals surface area contributed by atoms with E-state index < -0.39 is 91.5 Å². The molecule has 0 amide bonds. The molecule has 0 bridgehead atoms. The molecule has 115 heavy (non-hydrogen) atoms. The summed E-state index contributed by atoms with van der Waals surface area (Å²) >= 11 is 0. The molecule has 0 aromatic heterocycles. The number of unbranched alkanes of at least 4 members (excludes halogenated alkanes) is 31. The number of hydrogen-bond donors (Lipinski definition) is 4. The number of hydrogen-bond acceptors (Lipinski definition) is 14. The van der Waals surface area contributed by atoms with Crippen molar-refractivity contribution in [3.05, 3.63) is 182 Å². The summed E-state index contributed by atoms with van der Waals surface area (Å²) in [6.07, 6.45) is 115. The fourth-order valence-corrected chi connectivity index (χ4v) is 13.4. The highest BCUT2D eigenvalue weighted by Crippen LogP contribution is 2.45. The summed E-state index contributed by atoms with van der Waals surface area (Å²) in [5.41, 5.74) is 0. The number of ether oxygens (including phenoxy) is 3. The lowest BCUT2D eigenvalue weighted by Crippen LogP contribution is -2.30. The highest BCUT2D eigenvalue weighted by Gasteiger charge is 2.29. The minimum absolute atomic E-state index is 0.0904. The zero-order chi connectivity index (χ0) is 83.6. The lowest BCUT2D eigenvalue weighted by atomic mass is 10.1. The molecule has 0 rings (SSSR count). The number of rotatable bonds is 84. The van der Waals surface area contributed by atoms with Crippen LogP contribution in [0.15, 0.2) is 182 Å². The summed E-state index contributed by atoms with van der Waals surface area (Å²) in [7, 11) is -9.82. The number of carbonyl (C=O) groups is 3. The Morgan fingerprint density at radius 1 is 0.252 bits per heavy atom. The van der Waals surface area contributed by atoms with Crippen LogP contribution in [0.3, 0.4) is 0 Å². The number of allylic oxidation sites excluding steroid dienone is 30. The Balaban J connectivity index is 4.68. The lowest BCUT2D eigenvalue weighted by molar-refractivity contribution is -0.161. The second-order valence-corrected chi connectivity index (χ2v) is 32.5. The van der Waals surface area contributed by atoms with E-state index in [1.54, 1.807) is 0 Å². The smallest absolute Gasteiger partial charge is 0.463 e. The molecule has 0 fully saturated rings. The van der Waals surface area contributed by atoms with Crippen LogP contribution in [0.4, 0.5) is 0 Å². The summed E-state index contributed by atoms with van der Waals surface area (Å²) in [4.78, 5) is 59.0. The maximum Gasteiger partial charge on any atom is 0.472 e. The summed E-state index contributed by atoms with van der Waals surface area (Å²) in [6, 6.07) is 0. The van der Waals surface area contributed by atoms with Gasteiger partial charge in [0.15, 0.2) is 6.10 Å². The van der Waals surface area contributed by atoms with Crippen molar-refractivity contribution in [3.63, 3.8) is 0 Å². The van der Waals surface area contributed by atoms with Crippen molar-refractivity contribution in [3.8, 4) is 0 Å². The van der Waals surface area contributed by atoms with E-state index in [-0.39, 0.29) is 19.3 Å². The van der Waals surface area contributed by atoms with Crippen LogP contribution in [-0.4, -0.2) is 95.9 Å². The molecule has 0 saturated heterocycles. The molecule has 0 aliphatic heterocycles. The molecular formula is C97H162O16P2. The van der Waals surface area contributed by atoms with Gasteiger partial charge in [-0.2, -0.15) is 0 Å². The van der Waals surface area contributed by atoms with E-state index in [0.717, 1.165) is 186 Å². The number of aliphatic hydroxyl groups is 2. The van der Waals surface area contributed by atoms with Gasteiger partial charge < -0.3 is 34.2 Å². The third-order valence-electron chi connectivity index (χ3n) is 18.6. The van der Waals surface area contributed by atoms with Gasteiger partial charge >= 0.3 is 33.6 Å². The van der Waals surface area contributed by atoms with Gasteiger partial charge in [-0.25, -0.2) is 9.13 Å². The van der Waals surface area contributed by atoms with E-state index in [9.17, 15) is 43.5 Å². The van der Waals surface area contributed by atoms with Gasteiger partial charge in [0, 0.05) is 19.3 Å². The quantitative estimate of drug-likeness (QED) is 0.0146. The molecule has 0 saturated carbocycles. The normalized spacial score (nSPS) is 14.7. The number of esters is 3. The van der Waals surface area contributed by atoms with E-state index in [1.807, 2.05) is 0 Å². The van der Waals surface area contributed by atoms with Crippen molar-refractivity contribution in [2.45, 2.75) is 373 Å². The number of phosphoric ester groups is 2. The van der Waals surface area contributed by atoms with Gasteiger partial charge in [0.1, 0.15) is 25.4 Å². The monoisotopic (exact) mass is 1650 g/mol. The molecule has 0 aromatic rings. The molecule has 4 N–H and O–H groups in total. The number of aliphatic hydroxyl groups excluding tert-OH is 2. The van der Waals surface area contributed by atoms with E-state index in [0.29, 0.717) is 19.3 Å². The molecule has 18 heteroatoms. The van der Waals surface area contributed by atoms with Crippen LogP contribution in [-0.2, 0) is 55.8 Å². The first-order valence-electron chi connectivity index (χ1n) is 45.1. The number of carbonyl (C=O) groups excluding carboxylic acids is 3. The minimum Gasteiger partial charge on any atom is -0.463 e. The van der Waals surface area contributed by atoms with E-state index in [1.165, 1.54) is 109 Å². The van der Waals surface area contributed by atoms with Crippen molar-refractivity contribution in [1.82, 2.24) is 0 Å². The lowest BCUT2D eigenvalue weighted by Gasteiger charge is -2.21. The van der Waals surface area contributed by atoms with E-state index in [4.69, 9.17) is 32.3 Å². The summed E-state index contributed by atoms with van der Waals surface area (Å²) < 4.78 is 61.5. The van der Waals surface area contributed by atoms with Crippen molar-refractivity contribution in [2.24, 2.45) is 0 Å². The Morgan fingerprint density at radius 2 is 0.461 bits per heavy atom. The first-order chi connectivity index (χ1) is 56.2. The zero-order valence-electron chi connectivity index (χ0n) is 72.1.